The third-order valence-electron chi connectivity index (χ3n) is 3.29. The average molecular weight is 297 g/mol. The number of halogens is 1. The van der Waals surface area contributed by atoms with Gasteiger partial charge in [0.2, 0.25) is 0 Å². The van der Waals surface area contributed by atoms with Crippen LogP contribution in [0.15, 0.2) is 22.9 Å². The minimum atomic E-state index is 0.127. The molecule has 0 spiro atoms. The van der Waals surface area contributed by atoms with Crippen LogP contribution in [0.4, 0.5) is 0 Å². The molecule has 17 heavy (non-hydrogen) atoms. The Hall–Kier alpha value is -0.900. The molecule has 3 nitrogen and oxygen atoms in total. The molecular formula is C13H17BrN2O. The van der Waals surface area contributed by atoms with Crippen LogP contribution < -0.4 is 0 Å². The first kappa shape index (κ1) is 12.6. The van der Waals surface area contributed by atoms with Crippen molar-refractivity contribution in [3.05, 3.63) is 28.5 Å². The molecule has 0 N–H and O–H groups in total. The topological polar surface area (TPSA) is 33.2 Å². The van der Waals surface area contributed by atoms with Crippen molar-refractivity contribution in [3.8, 4) is 0 Å². The van der Waals surface area contributed by atoms with Crippen molar-refractivity contribution in [2.75, 3.05) is 6.54 Å². The van der Waals surface area contributed by atoms with E-state index in [1.807, 2.05) is 4.90 Å². The normalized spacial score (nSPS) is 21.1. The lowest BCUT2D eigenvalue weighted by Crippen LogP contribution is -2.38. The fourth-order valence-corrected chi connectivity index (χ4v) is 2.64. The maximum absolute atomic E-state index is 12.4. The minimum Gasteiger partial charge on any atom is -0.336 e. The van der Waals surface area contributed by atoms with E-state index in [9.17, 15) is 4.79 Å². The number of rotatable bonds is 1. The summed E-state index contributed by atoms with van der Waals surface area (Å²) < 4.78 is 0.714. The van der Waals surface area contributed by atoms with Crippen LogP contribution in [0.1, 0.15) is 43.0 Å². The molecule has 0 saturated carbocycles. The second-order valence-electron chi connectivity index (χ2n) is 4.56. The lowest BCUT2D eigenvalue weighted by molar-refractivity contribution is 0.0697. The summed E-state index contributed by atoms with van der Waals surface area (Å²) in [5.41, 5.74) is 0.723. The zero-order valence-corrected chi connectivity index (χ0v) is 11.6. The van der Waals surface area contributed by atoms with Gasteiger partial charge in [0.1, 0.15) is 4.60 Å². The second kappa shape index (κ2) is 5.63. The Morgan fingerprint density at radius 3 is 3.06 bits per heavy atom. The summed E-state index contributed by atoms with van der Waals surface area (Å²) in [4.78, 5) is 18.4. The van der Waals surface area contributed by atoms with E-state index in [2.05, 4.69) is 27.8 Å². The van der Waals surface area contributed by atoms with Crippen molar-refractivity contribution in [3.63, 3.8) is 0 Å². The number of aromatic nitrogens is 1. The Labute approximate surface area is 110 Å². The number of hydrogen-bond donors (Lipinski definition) is 0. The zero-order chi connectivity index (χ0) is 12.3. The third-order valence-corrected chi connectivity index (χ3v) is 3.72. The molecule has 0 aromatic carbocycles. The SMILES string of the molecule is CC1CCCCCN1C(=O)c1ccnc(Br)c1. The molecule has 1 amide bonds. The molecule has 2 rings (SSSR count). The number of likely N-dealkylation sites (tertiary alicyclic amines) is 1. The molecule has 4 heteroatoms. The van der Waals surface area contributed by atoms with E-state index in [4.69, 9.17) is 0 Å². The molecule has 1 saturated heterocycles. The number of nitrogens with zero attached hydrogens (tertiary/aromatic N) is 2. The Morgan fingerprint density at radius 2 is 2.29 bits per heavy atom. The quantitative estimate of drug-likeness (QED) is 0.746. The fraction of sp³-hybridized carbons (Fsp3) is 0.538. The van der Waals surface area contributed by atoms with Crippen molar-refractivity contribution < 1.29 is 4.79 Å². The van der Waals surface area contributed by atoms with Crippen LogP contribution >= 0.6 is 15.9 Å². The number of carbonyl (C=O) groups excluding carboxylic acids is 1. The van der Waals surface area contributed by atoms with Crippen molar-refractivity contribution in [2.24, 2.45) is 0 Å². The number of carbonyl (C=O) groups is 1. The molecule has 1 fully saturated rings. The van der Waals surface area contributed by atoms with E-state index in [-0.39, 0.29) is 5.91 Å². The monoisotopic (exact) mass is 296 g/mol. The highest BCUT2D eigenvalue weighted by Gasteiger charge is 2.23. The van der Waals surface area contributed by atoms with E-state index in [0.717, 1.165) is 24.9 Å². The van der Waals surface area contributed by atoms with Crippen LogP contribution in [-0.2, 0) is 0 Å². The fourth-order valence-electron chi connectivity index (χ4n) is 2.28. The number of amides is 1. The molecule has 2 heterocycles. The number of pyridine rings is 1. The number of hydrogen-bond acceptors (Lipinski definition) is 2. The molecule has 1 atom stereocenters. The smallest absolute Gasteiger partial charge is 0.254 e. The Kier molecular flexibility index (Phi) is 4.15. The van der Waals surface area contributed by atoms with Crippen LogP contribution in [0.3, 0.4) is 0 Å². The van der Waals surface area contributed by atoms with Gasteiger partial charge in [0.05, 0.1) is 0 Å². The lowest BCUT2D eigenvalue weighted by Gasteiger charge is -2.27. The first-order valence-corrected chi connectivity index (χ1v) is 6.90. The van der Waals surface area contributed by atoms with Gasteiger partial charge < -0.3 is 4.90 Å². The summed E-state index contributed by atoms with van der Waals surface area (Å²) in [7, 11) is 0. The Balaban J connectivity index is 2.18. The molecule has 0 radical (unpaired) electrons. The predicted molar refractivity (Wildman–Crippen MR) is 70.9 cm³/mol. The van der Waals surface area contributed by atoms with Crippen LogP contribution in [0, 0.1) is 0 Å². The standard InChI is InChI=1S/C13H17BrN2O/c1-10-5-3-2-4-8-16(10)13(17)11-6-7-15-12(14)9-11/h6-7,9-10H,2-5,8H2,1H3. The third kappa shape index (κ3) is 3.06. The summed E-state index contributed by atoms with van der Waals surface area (Å²) >= 11 is 3.30. The van der Waals surface area contributed by atoms with Crippen LogP contribution in [0.2, 0.25) is 0 Å². The molecule has 1 unspecified atom stereocenters. The first-order chi connectivity index (χ1) is 8.18. The van der Waals surface area contributed by atoms with Gasteiger partial charge >= 0.3 is 0 Å². The van der Waals surface area contributed by atoms with E-state index in [0.29, 0.717) is 10.6 Å². The molecule has 1 aliphatic heterocycles. The lowest BCUT2D eigenvalue weighted by atomic mass is 10.1. The maximum atomic E-state index is 12.4. The van der Waals surface area contributed by atoms with Crippen LogP contribution in [0.5, 0.6) is 0 Å². The van der Waals surface area contributed by atoms with Gasteiger partial charge in [-0.1, -0.05) is 12.8 Å². The van der Waals surface area contributed by atoms with E-state index >= 15 is 0 Å². The Morgan fingerprint density at radius 1 is 1.47 bits per heavy atom. The van der Waals surface area contributed by atoms with Crippen LogP contribution in [-0.4, -0.2) is 28.4 Å². The summed E-state index contributed by atoms with van der Waals surface area (Å²) in [6.07, 6.45) is 6.35. The molecule has 1 aliphatic rings. The molecule has 92 valence electrons. The van der Waals surface area contributed by atoms with Gasteiger partial charge in [0, 0.05) is 24.3 Å². The first-order valence-electron chi connectivity index (χ1n) is 6.11. The summed E-state index contributed by atoms with van der Waals surface area (Å²) in [5.74, 6) is 0.127. The van der Waals surface area contributed by atoms with Gasteiger partial charge in [-0.15, -0.1) is 0 Å². The Bertz CT molecular complexity index is 408. The van der Waals surface area contributed by atoms with Gasteiger partial charge in [-0.25, -0.2) is 4.98 Å². The predicted octanol–water partition coefficient (Wildman–Crippen LogP) is 3.25. The van der Waals surface area contributed by atoms with E-state index in [1.165, 1.54) is 12.8 Å². The largest absolute Gasteiger partial charge is 0.336 e. The van der Waals surface area contributed by atoms with Gasteiger partial charge in [0.15, 0.2) is 0 Å². The van der Waals surface area contributed by atoms with Gasteiger partial charge in [-0.05, 0) is 47.8 Å². The maximum Gasteiger partial charge on any atom is 0.254 e. The van der Waals surface area contributed by atoms with Gasteiger partial charge in [-0.3, -0.25) is 4.79 Å². The zero-order valence-electron chi connectivity index (χ0n) is 10.0. The molecular weight excluding hydrogens is 280 g/mol. The second-order valence-corrected chi connectivity index (χ2v) is 5.38. The summed E-state index contributed by atoms with van der Waals surface area (Å²) in [6, 6.07) is 3.92. The molecule has 1 aromatic heterocycles. The van der Waals surface area contributed by atoms with Crippen molar-refractivity contribution in [1.82, 2.24) is 9.88 Å². The van der Waals surface area contributed by atoms with Gasteiger partial charge in [0.25, 0.3) is 5.91 Å². The van der Waals surface area contributed by atoms with Crippen LogP contribution in [0.25, 0.3) is 0 Å². The highest BCUT2D eigenvalue weighted by atomic mass is 79.9. The van der Waals surface area contributed by atoms with E-state index in [1.54, 1.807) is 18.3 Å². The van der Waals surface area contributed by atoms with Crippen molar-refractivity contribution in [1.29, 1.82) is 0 Å². The van der Waals surface area contributed by atoms with E-state index < -0.39 is 0 Å². The minimum absolute atomic E-state index is 0.127. The van der Waals surface area contributed by atoms with Gasteiger partial charge in [-0.2, -0.15) is 0 Å². The summed E-state index contributed by atoms with van der Waals surface area (Å²) in [6.45, 7) is 3.01. The highest BCUT2D eigenvalue weighted by Crippen LogP contribution is 2.19. The highest BCUT2D eigenvalue weighted by molar-refractivity contribution is 9.10. The summed E-state index contributed by atoms with van der Waals surface area (Å²) in [5, 5.41) is 0. The molecule has 1 aromatic rings. The average Bonchev–Trinajstić information content (AvgIpc) is 2.53. The molecule has 0 bridgehead atoms. The van der Waals surface area contributed by atoms with Crippen molar-refractivity contribution in [2.45, 2.75) is 38.6 Å². The van der Waals surface area contributed by atoms with Crippen molar-refractivity contribution >= 4 is 21.8 Å². The molecule has 0 aliphatic carbocycles.